The molecule has 0 fully saturated rings. The molecule has 0 radical (unpaired) electrons. The lowest BCUT2D eigenvalue weighted by Gasteiger charge is -2.17. The van der Waals surface area contributed by atoms with Crippen molar-refractivity contribution >= 4 is 34.7 Å². The van der Waals surface area contributed by atoms with Gasteiger partial charge in [0.15, 0.2) is 0 Å². The summed E-state index contributed by atoms with van der Waals surface area (Å²) >= 11 is -2.43. The molecule has 132 valence electrons. The van der Waals surface area contributed by atoms with Gasteiger partial charge in [-0.1, -0.05) is 12.1 Å². The molecule has 3 rings (SSSR count). The fourth-order valence-electron chi connectivity index (χ4n) is 2.53. The van der Waals surface area contributed by atoms with E-state index in [1.165, 1.54) is 18.3 Å². The van der Waals surface area contributed by atoms with Crippen LogP contribution in [0.5, 0.6) is 0 Å². The second kappa shape index (κ2) is 7.83. The lowest BCUT2D eigenvalue weighted by molar-refractivity contribution is 0.511. The number of H-pyrrole nitrogens is 1. The number of aromatic amines is 1. The van der Waals surface area contributed by atoms with E-state index in [-0.39, 0.29) is 18.0 Å². The van der Waals surface area contributed by atoms with E-state index in [1.54, 1.807) is 31.2 Å². The molecule has 2 atom stereocenters. The van der Waals surface area contributed by atoms with Crippen molar-refractivity contribution in [2.75, 3.05) is 0 Å². The monoisotopic (exact) mass is 382 g/mol. The fourth-order valence-corrected chi connectivity index (χ4v) is 2.95. The molecule has 0 aliphatic carbocycles. The predicted molar refractivity (Wildman–Crippen MR) is 95.5 cm³/mol. The Morgan fingerprint density at radius 3 is 2.68 bits per heavy atom. The van der Waals surface area contributed by atoms with E-state index in [9.17, 15) is 17.9 Å². The zero-order chi connectivity index (χ0) is 17.3. The number of benzene rings is 1. The lowest BCUT2D eigenvalue weighted by Crippen LogP contribution is -2.20. The van der Waals surface area contributed by atoms with Crippen molar-refractivity contribution in [3.8, 4) is 11.1 Å². The van der Waals surface area contributed by atoms with Crippen molar-refractivity contribution in [1.82, 2.24) is 14.7 Å². The Bertz CT molecular complexity index is 996. The molecule has 0 spiro atoms. The van der Waals surface area contributed by atoms with E-state index in [0.29, 0.717) is 27.7 Å². The molecule has 2 heterocycles. The molecule has 2 N–H and O–H groups in total. The van der Waals surface area contributed by atoms with Gasteiger partial charge in [0.25, 0.3) is 0 Å². The van der Waals surface area contributed by atoms with Crippen LogP contribution in [0.15, 0.2) is 47.4 Å². The Labute approximate surface area is 151 Å². The first-order valence-electron chi connectivity index (χ1n) is 7.09. The molecule has 25 heavy (non-hydrogen) atoms. The average Bonchev–Trinajstić information content (AvgIpc) is 2.53. The van der Waals surface area contributed by atoms with Crippen LogP contribution in [0.3, 0.4) is 0 Å². The van der Waals surface area contributed by atoms with Crippen LogP contribution in [0.1, 0.15) is 18.5 Å². The SMILES string of the molecule is CC(NS(=O)[O-])c1ccc(-c2ccnc3[nH]c(=O)ccc23)c(F)c1.Cl. The van der Waals surface area contributed by atoms with Gasteiger partial charge in [0.2, 0.25) is 5.56 Å². The molecule has 9 heteroatoms. The zero-order valence-electron chi connectivity index (χ0n) is 13.0. The topological polar surface area (TPSA) is 97.9 Å². The van der Waals surface area contributed by atoms with Gasteiger partial charge in [-0.15, -0.1) is 12.4 Å². The molecule has 1 aromatic carbocycles. The Kier molecular flexibility index (Phi) is 6.02. The highest BCUT2D eigenvalue weighted by Gasteiger charge is 2.13. The first-order valence-corrected chi connectivity index (χ1v) is 8.16. The highest BCUT2D eigenvalue weighted by molar-refractivity contribution is 7.77. The van der Waals surface area contributed by atoms with Gasteiger partial charge in [-0.25, -0.2) is 14.1 Å². The van der Waals surface area contributed by atoms with Gasteiger partial charge in [0, 0.05) is 40.5 Å². The summed E-state index contributed by atoms with van der Waals surface area (Å²) in [5.74, 6) is -0.489. The minimum Gasteiger partial charge on any atom is -0.760 e. The van der Waals surface area contributed by atoms with E-state index < -0.39 is 23.1 Å². The van der Waals surface area contributed by atoms with Crippen LogP contribution >= 0.6 is 12.4 Å². The molecular formula is C16H14ClFN3O3S-. The van der Waals surface area contributed by atoms with Gasteiger partial charge in [-0.3, -0.25) is 9.00 Å². The van der Waals surface area contributed by atoms with Crippen LogP contribution in [0.4, 0.5) is 4.39 Å². The second-order valence-electron chi connectivity index (χ2n) is 5.26. The number of halogens is 2. The maximum atomic E-state index is 14.6. The maximum absolute atomic E-state index is 14.6. The smallest absolute Gasteiger partial charge is 0.249 e. The quantitative estimate of drug-likeness (QED) is 0.677. The van der Waals surface area contributed by atoms with E-state index in [2.05, 4.69) is 14.7 Å². The molecule has 2 unspecified atom stereocenters. The van der Waals surface area contributed by atoms with Crippen molar-refractivity contribution in [2.24, 2.45) is 0 Å². The summed E-state index contributed by atoms with van der Waals surface area (Å²) in [6, 6.07) is 8.59. The minimum absolute atomic E-state index is 0. The van der Waals surface area contributed by atoms with Crippen molar-refractivity contribution in [3.05, 3.63) is 64.3 Å². The van der Waals surface area contributed by atoms with Gasteiger partial charge >= 0.3 is 0 Å². The third-order valence-electron chi connectivity index (χ3n) is 3.69. The molecular weight excluding hydrogens is 369 g/mol. The molecule has 3 aromatic rings. The first-order chi connectivity index (χ1) is 11.5. The molecule has 0 aliphatic rings. The summed E-state index contributed by atoms with van der Waals surface area (Å²) in [4.78, 5) is 18.1. The van der Waals surface area contributed by atoms with Crippen LogP contribution in [-0.2, 0) is 11.3 Å². The number of hydrogen-bond donors (Lipinski definition) is 2. The summed E-state index contributed by atoms with van der Waals surface area (Å²) in [5.41, 5.74) is 1.53. The number of aromatic nitrogens is 2. The molecule has 0 saturated carbocycles. The summed E-state index contributed by atoms with van der Waals surface area (Å²) in [5, 5.41) is 0.621. The third-order valence-corrected chi connectivity index (χ3v) is 4.24. The van der Waals surface area contributed by atoms with Crippen molar-refractivity contribution in [2.45, 2.75) is 13.0 Å². The number of pyridine rings is 2. The van der Waals surface area contributed by atoms with Crippen molar-refractivity contribution in [3.63, 3.8) is 0 Å². The summed E-state index contributed by atoms with van der Waals surface area (Å²) in [6.45, 7) is 1.62. The fraction of sp³-hybridized carbons (Fsp3) is 0.125. The minimum atomic E-state index is -2.43. The van der Waals surface area contributed by atoms with Gasteiger partial charge in [0.1, 0.15) is 11.5 Å². The van der Waals surface area contributed by atoms with Gasteiger partial charge < -0.3 is 9.54 Å². The largest absolute Gasteiger partial charge is 0.760 e. The van der Waals surface area contributed by atoms with Crippen LogP contribution in [0, 0.1) is 5.82 Å². The predicted octanol–water partition coefficient (Wildman–Crippen LogP) is 2.60. The Hall–Kier alpha value is -2.13. The number of hydrogen-bond acceptors (Lipinski definition) is 4. The van der Waals surface area contributed by atoms with Gasteiger partial charge in [0.05, 0.1) is 0 Å². The van der Waals surface area contributed by atoms with Crippen LogP contribution < -0.4 is 10.3 Å². The van der Waals surface area contributed by atoms with E-state index in [4.69, 9.17) is 0 Å². The maximum Gasteiger partial charge on any atom is 0.249 e. The van der Waals surface area contributed by atoms with Crippen LogP contribution in [0.25, 0.3) is 22.2 Å². The summed E-state index contributed by atoms with van der Waals surface area (Å²) in [7, 11) is 0. The van der Waals surface area contributed by atoms with E-state index >= 15 is 0 Å². The van der Waals surface area contributed by atoms with Crippen molar-refractivity contribution < 1.29 is 13.2 Å². The Morgan fingerprint density at radius 1 is 1.24 bits per heavy atom. The Morgan fingerprint density at radius 2 is 2.00 bits per heavy atom. The first kappa shape index (κ1) is 19.2. The standard InChI is InChI=1S/C16H14FN3O3S.ClH/c1-9(20-24(22)23)10-2-3-12(14(17)8-10)11-6-7-18-16-13(11)4-5-15(21)19-16;/h2-9,20H,1H3,(H,22,23)(H,18,19,21);1H/p-1. The number of nitrogens with one attached hydrogen (secondary N) is 2. The highest BCUT2D eigenvalue weighted by atomic mass is 35.5. The summed E-state index contributed by atoms with van der Waals surface area (Å²) < 4.78 is 38.2. The average molecular weight is 383 g/mol. The molecule has 0 aliphatic heterocycles. The summed E-state index contributed by atoms with van der Waals surface area (Å²) in [6.07, 6.45) is 1.49. The molecule has 6 nitrogen and oxygen atoms in total. The normalized spacial score (nSPS) is 13.2. The Balaban J connectivity index is 0.00000225. The molecule has 0 amide bonds. The number of rotatable bonds is 4. The van der Waals surface area contributed by atoms with E-state index in [0.717, 1.165) is 0 Å². The highest BCUT2D eigenvalue weighted by Crippen LogP contribution is 2.30. The van der Waals surface area contributed by atoms with Gasteiger partial charge in [-0.2, -0.15) is 0 Å². The van der Waals surface area contributed by atoms with Gasteiger partial charge in [-0.05, 0) is 36.2 Å². The molecule has 0 saturated heterocycles. The second-order valence-corrected chi connectivity index (χ2v) is 5.96. The zero-order valence-corrected chi connectivity index (χ0v) is 14.6. The number of fused-ring (bicyclic) bond motifs is 1. The lowest BCUT2D eigenvalue weighted by atomic mass is 9.99. The third kappa shape index (κ3) is 4.10. The van der Waals surface area contributed by atoms with Crippen LogP contribution in [0.2, 0.25) is 0 Å². The molecule has 0 bridgehead atoms. The molecule has 2 aromatic heterocycles. The van der Waals surface area contributed by atoms with Crippen molar-refractivity contribution in [1.29, 1.82) is 0 Å². The number of nitrogens with zero attached hydrogens (tertiary/aromatic N) is 1. The van der Waals surface area contributed by atoms with Crippen LogP contribution in [-0.4, -0.2) is 18.7 Å². The van der Waals surface area contributed by atoms with E-state index in [1.807, 2.05) is 0 Å².